The quantitative estimate of drug-likeness (QED) is 0.0404. The Bertz CT molecular complexity index is 2690. The molecule has 8 fully saturated rings. The van der Waals surface area contributed by atoms with Gasteiger partial charge in [-0.2, -0.15) is 0 Å². The number of aliphatic hydroxyl groups excluding tert-OH is 21. The van der Waals surface area contributed by atoms with E-state index in [0.717, 1.165) is 20.8 Å². The van der Waals surface area contributed by atoms with Gasteiger partial charge >= 0.3 is 5.97 Å². The molecule has 8 heterocycles. The second-order valence-corrected chi connectivity index (χ2v) is 26.0. The van der Waals surface area contributed by atoms with Crippen LogP contribution in [-0.4, -0.2) is 420 Å². The first-order valence-electron chi connectivity index (χ1n) is 32.3. The highest BCUT2D eigenvalue weighted by atomic mass is 16.8. The fourth-order valence-corrected chi connectivity index (χ4v) is 13.1. The summed E-state index contributed by atoms with van der Waals surface area (Å²) in [6.07, 6.45) is -75.3. The van der Waals surface area contributed by atoms with E-state index < -0.39 is 314 Å². The molecule has 44 nitrogen and oxygen atoms in total. The zero-order valence-electron chi connectivity index (χ0n) is 54.9. The van der Waals surface area contributed by atoms with E-state index in [0.29, 0.717) is 0 Å². The Morgan fingerprint density at radius 3 is 1.41 bits per heavy atom. The molecule has 0 radical (unpaired) electrons. The molecule has 0 aromatic rings. The summed E-state index contributed by atoms with van der Waals surface area (Å²) in [5.41, 5.74) is 0. The Morgan fingerprint density at radius 2 is 0.871 bits per heavy atom. The molecule has 1 unspecified atom stereocenters. The Morgan fingerprint density at radius 1 is 0.426 bits per heavy atom. The van der Waals surface area contributed by atoms with Crippen LogP contribution in [0.3, 0.4) is 0 Å². The number of amides is 3. The smallest absolute Gasteiger partial charge is 0.364 e. The molecule has 8 aliphatic rings. The SMILES string of the molecule is CC(=O)N[C@H]1[C@H](O[C@H]2[C@H](O[C@@H]3O[C@@H](C)[C@@H](O)[C@@H](O)[C@@H]3O)[C@@H](NC(C)=O)[C@H](OC[C@H]3OC(O)[C@H](NC(C)=O)[C@@H](O[C@@H]4O[C@H](CO)[C@H](O)[C@H](O[C@]5(C(=O)O)C[C@H](O[C@@H]6O[C@@H](C)[C@@H](O)[C@@H](O[C@@H]7O[C@@H](C)[C@@H](O)[C@@H](O)[C@@H]7O)[C@@H]6O)[C@@H](O)[C@H]([C@H](O)[C@H](O)CO)O5)[C@H]4O)[C@H]3O)O[C@@H]2CO)O[C@H](CO)[C@H](O)[C@@H]1O. The van der Waals surface area contributed by atoms with E-state index in [1.54, 1.807) is 0 Å². The Balaban J connectivity index is 1.07. The normalized spacial score (nSPS) is 49.0. The molecule has 0 aromatic heterocycles. The fraction of sp³-hybridized carbons (Fsp3) is 0.930. The lowest BCUT2D eigenvalue weighted by Gasteiger charge is -2.51. The molecule has 44 heteroatoms. The van der Waals surface area contributed by atoms with Crippen LogP contribution in [0.4, 0.5) is 0 Å². The average molecular weight is 1480 g/mol. The molecule has 0 bridgehead atoms. The summed E-state index contributed by atoms with van der Waals surface area (Å²) in [4.78, 5) is 52.2. The molecule has 584 valence electrons. The number of aliphatic hydroxyl groups is 21. The third-order valence-electron chi connectivity index (χ3n) is 18.7. The van der Waals surface area contributed by atoms with Crippen molar-refractivity contribution in [2.45, 2.75) is 299 Å². The maximum absolute atomic E-state index is 13.8. The first-order chi connectivity index (χ1) is 47.4. The lowest BCUT2D eigenvalue weighted by molar-refractivity contribution is -0.398. The molecule has 0 spiro atoms. The van der Waals surface area contributed by atoms with Gasteiger partial charge in [0.2, 0.25) is 17.7 Å². The molecule has 41 atom stereocenters. The number of carboxylic acid groups (broad SMARTS) is 1. The highest BCUT2D eigenvalue weighted by molar-refractivity contribution is 5.76. The Kier molecular flexibility index (Phi) is 28.8. The minimum absolute atomic E-state index is 0.802. The van der Waals surface area contributed by atoms with E-state index >= 15 is 0 Å². The lowest BCUT2D eigenvalue weighted by atomic mass is 9.89. The van der Waals surface area contributed by atoms with Crippen LogP contribution >= 0.6 is 0 Å². The van der Waals surface area contributed by atoms with E-state index in [1.165, 1.54) is 20.8 Å². The summed E-state index contributed by atoms with van der Waals surface area (Å²) in [5, 5.41) is 250. The topological polar surface area (TPSA) is 688 Å². The van der Waals surface area contributed by atoms with Crippen molar-refractivity contribution in [1.29, 1.82) is 0 Å². The van der Waals surface area contributed by atoms with Gasteiger partial charge in [-0.3, -0.25) is 14.4 Å². The number of carbonyl (C=O) groups is 4. The molecular formula is C57H95N3O41. The van der Waals surface area contributed by atoms with Crippen molar-refractivity contribution in [1.82, 2.24) is 16.0 Å². The average Bonchev–Trinajstić information content (AvgIpc) is 0.754. The van der Waals surface area contributed by atoms with Crippen LogP contribution in [0.25, 0.3) is 0 Å². The monoisotopic (exact) mass is 1480 g/mol. The number of nitrogens with one attached hydrogen (secondary N) is 3. The Labute approximate surface area is 573 Å². The van der Waals surface area contributed by atoms with E-state index in [1.807, 2.05) is 0 Å². The number of hydrogen-bond acceptors (Lipinski definition) is 40. The number of carboxylic acids is 1. The molecule has 8 rings (SSSR count). The van der Waals surface area contributed by atoms with Gasteiger partial charge in [-0.05, 0) is 20.8 Å². The maximum atomic E-state index is 13.8. The van der Waals surface area contributed by atoms with Gasteiger partial charge < -0.3 is 199 Å². The van der Waals surface area contributed by atoms with Crippen molar-refractivity contribution in [3.05, 3.63) is 0 Å². The van der Waals surface area contributed by atoms with Crippen LogP contribution in [0, 0.1) is 0 Å². The second kappa shape index (κ2) is 35.0. The summed E-state index contributed by atoms with van der Waals surface area (Å²) in [5.74, 6) is -8.34. The van der Waals surface area contributed by atoms with Crippen LogP contribution in [0.2, 0.25) is 0 Å². The van der Waals surface area contributed by atoms with Gasteiger partial charge in [0, 0.05) is 27.2 Å². The molecular weight excluding hydrogens is 1380 g/mol. The van der Waals surface area contributed by atoms with Gasteiger partial charge in [-0.15, -0.1) is 0 Å². The third-order valence-corrected chi connectivity index (χ3v) is 18.7. The first-order valence-corrected chi connectivity index (χ1v) is 32.3. The van der Waals surface area contributed by atoms with Crippen LogP contribution in [0.1, 0.15) is 48.0 Å². The molecule has 8 saturated heterocycles. The van der Waals surface area contributed by atoms with E-state index in [4.69, 9.17) is 71.1 Å². The number of aliphatic carboxylic acids is 1. The van der Waals surface area contributed by atoms with Gasteiger partial charge in [-0.1, -0.05) is 0 Å². The highest BCUT2D eigenvalue weighted by Gasteiger charge is 2.63. The highest BCUT2D eigenvalue weighted by Crippen LogP contribution is 2.42. The summed E-state index contributed by atoms with van der Waals surface area (Å²) in [6, 6.07) is -5.41. The van der Waals surface area contributed by atoms with Crippen molar-refractivity contribution in [2.24, 2.45) is 0 Å². The minimum atomic E-state index is -3.47. The predicted molar refractivity (Wildman–Crippen MR) is 312 cm³/mol. The molecule has 25 N–H and O–H groups in total. The summed E-state index contributed by atoms with van der Waals surface area (Å²) < 4.78 is 88.1. The lowest BCUT2D eigenvalue weighted by Crippen LogP contribution is -2.71. The number of carbonyl (C=O) groups excluding carboxylic acids is 3. The van der Waals surface area contributed by atoms with Crippen molar-refractivity contribution >= 4 is 23.7 Å². The van der Waals surface area contributed by atoms with Crippen molar-refractivity contribution in [3.63, 3.8) is 0 Å². The molecule has 3 amide bonds. The zero-order valence-corrected chi connectivity index (χ0v) is 54.9. The van der Waals surface area contributed by atoms with E-state index in [-0.39, 0.29) is 0 Å². The molecule has 0 saturated carbocycles. The van der Waals surface area contributed by atoms with E-state index in [2.05, 4.69) is 16.0 Å². The van der Waals surface area contributed by atoms with Crippen molar-refractivity contribution in [2.75, 3.05) is 33.0 Å². The number of rotatable bonds is 25. The van der Waals surface area contributed by atoms with Gasteiger partial charge in [0.25, 0.3) is 5.79 Å². The van der Waals surface area contributed by atoms with E-state index in [9.17, 15) is 132 Å². The number of ether oxygens (including phenoxy) is 15. The third kappa shape index (κ3) is 18.0. The Hall–Kier alpha value is -3.56. The van der Waals surface area contributed by atoms with Crippen molar-refractivity contribution in [3.8, 4) is 0 Å². The van der Waals surface area contributed by atoms with Crippen molar-refractivity contribution < 1.29 is 203 Å². The molecule has 0 aromatic carbocycles. The second-order valence-electron chi connectivity index (χ2n) is 26.0. The first kappa shape index (κ1) is 83.1. The van der Waals surface area contributed by atoms with Gasteiger partial charge in [-0.25, -0.2) is 4.79 Å². The molecule has 101 heavy (non-hydrogen) atoms. The minimum Gasteiger partial charge on any atom is -0.477 e. The largest absolute Gasteiger partial charge is 0.477 e. The van der Waals surface area contributed by atoms with Gasteiger partial charge in [0.15, 0.2) is 44.0 Å². The molecule has 0 aliphatic carbocycles. The zero-order chi connectivity index (χ0) is 74.9. The van der Waals surface area contributed by atoms with Gasteiger partial charge in [0.1, 0.15) is 177 Å². The molecule has 8 aliphatic heterocycles. The summed E-state index contributed by atoms with van der Waals surface area (Å²) in [7, 11) is 0. The predicted octanol–water partition coefficient (Wildman–Crippen LogP) is -15.7. The van der Waals surface area contributed by atoms with Gasteiger partial charge in [0.05, 0.1) is 57.5 Å². The summed E-state index contributed by atoms with van der Waals surface area (Å²) >= 11 is 0. The van der Waals surface area contributed by atoms with Crippen LogP contribution in [0.5, 0.6) is 0 Å². The maximum Gasteiger partial charge on any atom is 0.364 e. The van der Waals surface area contributed by atoms with Crippen LogP contribution in [-0.2, 0) is 90.2 Å². The van der Waals surface area contributed by atoms with Crippen LogP contribution in [0.15, 0.2) is 0 Å². The number of hydrogen-bond donors (Lipinski definition) is 25. The standard InChI is InChI=1S/C57H95N3O41/c1-13-28(69)37(78)39(80)52(88-13)98-45-27(60-18(6)67)50(95-23(11-64)43(45)96-51-25(58-16(4)65)36(77)32(73)21(9-62)93-51)87-12-24-35(76)44(26(49(84)91-24)59-17(5)66)97-55-42(83)48(34(75)22(10-63)94-55)101-57(56(85)86)7-20(33(74)47(100-57)31(72)19(68)8-61)92-54-41(82)46(30(71)15(3)90-54)99-53-40(81)38(79)29(70)14(2)89-53/h13-15,19-55,61-64,68-84H,7-12H2,1-6H3,(H,58,65)(H,59,66)(H,60,67)(H,85,86)/t13-,14-,15-,19+,20-,21+,22+,23+,24+,25+,26+,27+,28+,29+,30+,31+,32-,33+,34-,35-,36+,37+,38+,39-,40-,41-,42+,43+,44+,45+,46+,47-,48-,49?,50+,51-,52-,53-,54-,55-,57-/m0/s1. The summed E-state index contributed by atoms with van der Waals surface area (Å²) in [6.45, 7) is 1.17. The van der Waals surface area contributed by atoms with Crippen LogP contribution < -0.4 is 16.0 Å². The fourth-order valence-electron chi connectivity index (χ4n) is 13.1.